The Morgan fingerprint density at radius 1 is 1.05 bits per heavy atom. The second-order valence-electron chi connectivity index (χ2n) is 7.03. The smallest absolute Gasteiger partial charge is 0.399 e. The molecule has 1 saturated carbocycles. The van der Waals surface area contributed by atoms with Crippen molar-refractivity contribution < 1.29 is 13.7 Å². The number of halogens is 1. The minimum Gasteiger partial charge on any atom is -0.399 e. The predicted molar refractivity (Wildman–Crippen MR) is 78.7 cm³/mol. The van der Waals surface area contributed by atoms with E-state index in [1.165, 1.54) is 12.5 Å². The molecule has 108 valence electrons. The third-order valence-electron chi connectivity index (χ3n) is 5.04. The summed E-state index contributed by atoms with van der Waals surface area (Å²) in [6.45, 7) is 8.05. The minimum atomic E-state index is -0.477. The van der Waals surface area contributed by atoms with Crippen LogP contribution < -0.4 is 5.46 Å². The molecule has 2 aliphatic rings. The lowest BCUT2D eigenvalue weighted by Crippen LogP contribution is -2.41. The molecular weight excluding hydrogens is 254 g/mol. The maximum absolute atomic E-state index is 13.9. The van der Waals surface area contributed by atoms with E-state index in [0.717, 1.165) is 23.9 Å². The first-order valence-electron chi connectivity index (χ1n) is 7.44. The molecular formula is C16H22BFO2. The number of rotatable bonds is 2. The van der Waals surface area contributed by atoms with Gasteiger partial charge in [-0.05, 0) is 69.6 Å². The molecule has 1 heterocycles. The second-order valence-corrected chi connectivity index (χ2v) is 7.03. The van der Waals surface area contributed by atoms with Crippen LogP contribution in [0.15, 0.2) is 18.2 Å². The fourth-order valence-corrected chi connectivity index (χ4v) is 2.73. The molecule has 0 atom stereocenters. The lowest BCUT2D eigenvalue weighted by atomic mass is 9.74. The first-order valence-corrected chi connectivity index (χ1v) is 7.44. The second kappa shape index (κ2) is 4.57. The van der Waals surface area contributed by atoms with Gasteiger partial charge >= 0.3 is 7.12 Å². The van der Waals surface area contributed by atoms with E-state index < -0.39 is 7.12 Å². The van der Waals surface area contributed by atoms with E-state index in [1.54, 1.807) is 6.07 Å². The number of benzene rings is 1. The highest BCUT2D eigenvalue weighted by atomic mass is 19.1. The Balaban J connectivity index is 1.89. The largest absolute Gasteiger partial charge is 0.494 e. The summed E-state index contributed by atoms with van der Waals surface area (Å²) >= 11 is 0. The molecule has 0 radical (unpaired) electrons. The number of hydrogen-bond acceptors (Lipinski definition) is 2. The van der Waals surface area contributed by atoms with Gasteiger partial charge in [0.1, 0.15) is 5.82 Å². The van der Waals surface area contributed by atoms with Crippen molar-refractivity contribution in [2.45, 2.75) is 64.1 Å². The third kappa shape index (κ3) is 2.29. The lowest BCUT2D eigenvalue weighted by molar-refractivity contribution is 0.00578. The zero-order chi connectivity index (χ0) is 14.5. The summed E-state index contributed by atoms with van der Waals surface area (Å²) in [7, 11) is -0.477. The summed E-state index contributed by atoms with van der Waals surface area (Å²) in [5, 5.41) is 0. The van der Waals surface area contributed by atoms with Crippen LogP contribution in [0.5, 0.6) is 0 Å². The molecule has 1 aliphatic heterocycles. The van der Waals surface area contributed by atoms with Gasteiger partial charge in [0, 0.05) is 0 Å². The molecule has 0 N–H and O–H groups in total. The van der Waals surface area contributed by atoms with Crippen LogP contribution in [0.1, 0.15) is 58.4 Å². The van der Waals surface area contributed by atoms with Gasteiger partial charge in [0.15, 0.2) is 0 Å². The van der Waals surface area contributed by atoms with Gasteiger partial charge in [-0.1, -0.05) is 12.5 Å². The summed E-state index contributed by atoms with van der Waals surface area (Å²) in [6.07, 6.45) is 3.56. The monoisotopic (exact) mass is 276 g/mol. The van der Waals surface area contributed by atoms with Gasteiger partial charge in [-0.15, -0.1) is 0 Å². The highest BCUT2D eigenvalue weighted by molar-refractivity contribution is 6.62. The van der Waals surface area contributed by atoms with Crippen LogP contribution in [0.3, 0.4) is 0 Å². The van der Waals surface area contributed by atoms with Gasteiger partial charge in [-0.3, -0.25) is 0 Å². The van der Waals surface area contributed by atoms with Crippen molar-refractivity contribution in [3.63, 3.8) is 0 Å². The summed E-state index contributed by atoms with van der Waals surface area (Å²) in [5.41, 5.74) is 1.10. The Kier molecular flexibility index (Phi) is 3.22. The van der Waals surface area contributed by atoms with Crippen molar-refractivity contribution in [3.8, 4) is 0 Å². The van der Waals surface area contributed by atoms with Crippen LogP contribution >= 0.6 is 0 Å². The Hall–Kier alpha value is -0.865. The molecule has 1 aliphatic carbocycles. The molecule has 3 rings (SSSR count). The van der Waals surface area contributed by atoms with Crippen molar-refractivity contribution in [1.29, 1.82) is 0 Å². The molecule has 0 unspecified atom stereocenters. The zero-order valence-electron chi connectivity index (χ0n) is 12.7. The minimum absolute atomic E-state index is 0.195. The van der Waals surface area contributed by atoms with Crippen LogP contribution in [0.25, 0.3) is 0 Å². The Morgan fingerprint density at radius 2 is 1.65 bits per heavy atom. The highest BCUT2D eigenvalue weighted by Gasteiger charge is 2.51. The molecule has 1 saturated heterocycles. The zero-order valence-corrected chi connectivity index (χ0v) is 12.7. The molecule has 2 nitrogen and oxygen atoms in total. The van der Waals surface area contributed by atoms with Crippen molar-refractivity contribution in [2.75, 3.05) is 0 Å². The molecule has 2 fully saturated rings. The Bertz CT molecular complexity index is 507. The summed E-state index contributed by atoms with van der Waals surface area (Å²) < 4.78 is 25.9. The topological polar surface area (TPSA) is 18.5 Å². The van der Waals surface area contributed by atoms with Gasteiger partial charge in [-0.2, -0.15) is 0 Å². The van der Waals surface area contributed by atoms with E-state index in [2.05, 4.69) is 6.07 Å². The summed E-state index contributed by atoms with van der Waals surface area (Å²) in [5.74, 6) is 0.311. The van der Waals surface area contributed by atoms with Crippen molar-refractivity contribution in [3.05, 3.63) is 29.6 Å². The molecule has 0 aromatic heterocycles. The van der Waals surface area contributed by atoms with Gasteiger partial charge in [0.25, 0.3) is 0 Å². The first-order chi connectivity index (χ1) is 9.28. The molecule has 0 amide bonds. The lowest BCUT2D eigenvalue weighted by Gasteiger charge is -2.32. The van der Waals surface area contributed by atoms with Crippen LogP contribution in [-0.4, -0.2) is 18.3 Å². The highest BCUT2D eigenvalue weighted by Crippen LogP contribution is 2.38. The van der Waals surface area contributed by atoms with Crippen LogP contribution in [0, 0.1) is 5.82 Å². The fourth-order valence-electron chi connectivity index (χ4n) is 2.73. The van der Waals surface area contributed by atoms with E-state index in [9.17, 15) is 4.39 Å². The van der Waals surface area contributed by atoms with E-state index in [-0.39, 0.29) is 17.0 Å². The van der Waals surface area contributed by atoms with Gasteiger partial charge in [0.05, 0.1) is 11.2 Å². The Labute approximate surface area is 120 Å². The van der Waals surface area contributed by atoms with E-state index in [1.807, 2.05) is 27.7 Å². The van der Waals surface area contributed by atoms with Gasteiger partial charge in [0.2, 0.25) is 0 Å². The SMILES string of the molecule is CC1(C)OB(c2cc(F)cc(C3CCC3)c2)OC1(C)C. The van der Waals surface area contributed by atoms with Crippen molar-refractivity contribution >= 4 is 12.6 Å². The van der Waals surface area contributed by atoms with Gasteiger partial charge < -0.3 is 9.31 Å². The first kappa shape index (κ1) is 14.1. The maximum atomic E-state index is 13.9. The van der Waals surface area contributed by atoms with E-state index >= 15 is 0 Å². The normalized spacial score (nSPS) is 24.8. The van der Waals surface area contributed by atoms with E-state index in [0.29, 0.717) is 5.92 Å². The quantitative estimate of drug-likeness (QED) is 0.771. The fraction of sp³-hybridized carbons (Fsp3) is 0.625. The van der Waals surface area contributed by atoms with Crippen molar-refractivity contribution in [1.82, 2.24) is 0 Å². The molecule has 0 spiro atoms. The maximum Gasteiger partial charge on any atom is 0.494 e. The molecule has 20 heavy (non-hydrogen) atoms. The Morgan fingerprint density at radius 3 is 2.15 bits per heavy atom. The number of hydrogen-bond donors (Lipinski definition) is 0. The van der Waals surface area contributed by atoms with Gasteiger partial charge in [-0.25, -0.2) is 4.39 Å². The average Bonchev–Trinajstić information content (AvgIpc) is 2.45. The average molecular weight is 276 g/mol. The van der Waals surface area contributed by atoms with Crippen molar-refractivity contribution in [2.24, 2.45) is 0 Å². The van der Waals surface area contributed by atoms with E-state index in [4.69, 9.17) is 9.31 Å². The molecule has 0 bridgehead atoms. The van der Waals surface area contributed by atoms with Crippen LogP contribution in [0.4, 0.5) is 4.39 Å². The third-order valence-corrected chi connectivity index (χ3v) is 5.04. The molecule has 1 aromatic carbocycles. The standard InChI is InChI=1S/C16H22BFO2/c1-15(2)16(3,4)20-17(19-15)13-8-12(9-14(18)10-13)11-6-5-7-11/h8-11H,5-7H2,1-4H3. The van der Waals surface area contributed by atoms with Crippen LogP contribution in [-0.2, 0) is 9.31 Å². The molecule has 1 aromatic rings. The molecule has 4 heteroatoms. The predicted octanol–water partition coefficient (Wildman–Crippen LogP) is 3.39. The summed E-state index contributed by atoms with van der Waals surface area (Å²) in [4.78, 5) is 0. The van der Waals surface area contributed by atoms with Crippen LogP contribution in [0.2, 0.25) is 0 Å². The summed E-state index contributed by atoms with van der Waals surface area (Å²) in [6, 6.07) is 5.23.